The fourth-order valence-electron chi connectivity index (χ4n) is 3.59. The highest BCUT2D eigenvalue weighted by molar-refractivity contribution is 5.91. The Morgan fingerprint density at radius 3 is 2.90 bits per heavy atom. The van der Waals surface area contributed by atoms with Gasteiger partial charge in [0.2, 0.25) is 0 Å². The van der Waals surface area contributed by atoms with Crippen LogP contribution in [0, 0.1) is 5.92 Å². The first-order valence-corrected chi connectivity index (χ1v) is 8.06. The molecule has 0 saturated carbocycles. The van der Waals surface area contributed by atoms with Crippen LogP contribution in [0.4, 0.5) is 5.69 Å². The molecule has 0 radical (unpaired) electrons. The summed E-state index contributed by atoms with van der Waals surface area (Å²) >= 11 is 0. The number of rotatable bonds is 3. The number of nitrogens with one attached hydrogen (secondary N) is 1. The van der Waals surface area contributed by atoms with Crippen molar-refractivity contribution in [1.82, 2.24) is 10.3 Å². The van der Waals surface area contributed by atoms with Crippen LogP contribution < -0.4 is 10.2 Å². The van der Waals surface area contributed by atoms with E-state index in [2.05, 4.69) is 60.2 Å². The van der Waals surface area contributed by atoms with Gasteiger partial charge in [-0.25, -0.2) is 0 Å². The molecule has 0 spiro atoms. The molecule has 1 N–H and O–H groups in total. The summed E-state index contributed by atoms with van der Waals surface area (Å²) in [5.41, 5.74) is 2.42. The molecule has 3 heteroatoms. The van der Waals surface area contributed by atoms with E-state index in [0.717, 1.165) is 18.6 Å². The Morgan fingerprint density at radius 1 is 1.24 bits per heavy atom. The van der Waals surface area contributed by atoms with Crippen LogP contribution in [0.1, 0.15) is 27.2 Å². The van der Waals surface area contributed by atoms with Gasteiger partial charge in [0.05, 0.1) is 5.52 Å². The topological polar surface area (TPSA) is 28.2 Å². The second kappa shape index (κ2) is 6.02. The minimum absolute atomic E-state index is 0.536. The number of pyridine rings is 1. The lowest BCUT2D eigenvalue weighted by Crippen LogP contribution is -2.53. The van der Waals surface area contributed by atoms with E-state index in [1.54, 1.807) is 0 Å². The Labute approximate surface area is 127 Å². The van der Waals surface area contributed by atoms with Crippen LogP contribution in [0.25, 0.3) is 10.9 Å². The van der Waals surface area contributed by atoms with Gasteiger partial charge in [-0.15, -0.1) is 0 Å². The third-order valence-electron chi connectivity index (χ3n) is 4.97. The maximum absolute atomic E-state index is 4.49. The zero-order valence-electron chi connectivity index (χ0n) is 13.2. The van der Waals surface area contributed by atoms with Crippen molar-refractivity contribution in [3.05, 3.63) is 36.5 Å². The predicted octanol–water partition coefficient (Wildman–Crippen LogP) is 3.45. The van der Waals surface area contributed by atoms with Crippen molar-refractivity contribution in [2.75, 3.05) is 18.0 Å². The molecule has 3 nitrogen and oxygen atoms in total. The number of benzene rings is 1. The van der Waals surface area contributed by atoms with E-state index < -0.39 is 0 Å². The molecule has 1 aliphatic rings. The Kier molecular flexibility index (Phi) is 4.11. The molecule has 0 amide bonds. The van der Waals surface area contributed by atoms with Gasteiger partial charge in [0.15, 0.2) is 0 Å². The molecule has 1 fully saturated rings. The van der Waals surface area contributed by atoms with Crippen LogP contribution >= 0.6 is 0 Å². The first kappa shape index (κ1) is 14.3. The maximum atomic E-state index is 4.49. The van der Waals surface area contributed by atoms with Gasteiger partial charge in [-0.2, -0.15) is 0 Å². The molecule has 3 atom stereocenters. The lowest BCUT2D eigenvalue weighted by molar-refractivity contribution is 0.274. The third-order valence-corrected chi connectivity index (χ3v) is 4.97. The maximum Gasteiger partial charge on any atom is 0.0722 e. The summed E-state index contributed by atoms with van der Waals surface area (Å²) in [6.45, 7) is 9.08. The van der Waals surface area contributed by atoms with E-state index >= 15 is 0 Å². The summed E-state index contributed by atoms with van der Waals surface area (Å²) in [4.78, 5) is 7.04. The molecule has 21 heavy (non-hydrogen) atoms. The molecule has 112 valence electrons. The van der Waals surface area contributed by atoms with Crippen molar-refractivity contribution in [2.45, 2.75) is 39.3 Å². The fourth-order valence-corrected chi connectivity index (χ4v) is 3.59. The smallest absolute Gasteiger partial charge is 0.0722 e. The summed E-state index contributed by atoms with van der Waals surface area (Å²) in [6.07, 6.45) is 3.07. The van der Waals surface area contributed by atoms with Crippen LogP contribution in [0.5, 0.6) is 0 Å². The van der Waals surface area contributed by atoms with Crippen LogP contribution in [-0.4, -0.2) is 30.2 Å². The van der Waals surface area contributed by atoms with Crippen molar-refractivity contribution in [3.63, 3.8) is 0 Å². The van der Waals surface area contributed by atoms with Crippen LogP contribution in [-0.2, 0) is 0 Å². The van der Waals surface area contributed by atoms with Gasteiger partial charge in [-0.05, 0) is 50.1 Å². The molecule has 3 unspecified atom stereocenters. The number of hydrogen-bond donors (Lipinski definition) is 1. The number of piperidine rings is 1. The summed E-state index contributed by atoms with van der Waals surface area (Å²) in [7, 11) is 0. The molecule has 0 bridgehead atoms. The average Bonchev–Trinajstić information content (AvgIpc) is 2.52. The second-order valence-corrected chi connectivity index (χ2v) is 6.09. The van der Waals surface area contributed by atoms with E-state index in [-0.39, 0.29) is 0 Å². The van der Waals surface area contributed by atoms with Gasteiger partial charge in [0.1, 0.15) is 0 Å². The van der Waals surface area contributed by atoms with Gasteiger partial charge in [0.25, 0.3) is 0 Å². The molecule has 0 aliphatic carbocycles. The largest absolute Gasteiger partial charge is 0.368 e. The number of anilines is 1. The van der Waals surface area contributed by atoms with Gasteiger partial charge < -0.3 is 10.2 Å². The zero-order valence-corrected chi connectivity index (χ0v) is 13.2. The number of aromatic nitrogens is 1. The Morgan fingerprint density at radius 2 is 2.10 bits per heavy atom. The Balaban J connectivity index is 1.93. The van der Waals surface area contributed by atoms with Crippen LogP contribution in [0.15, 0.2) is 36.5 Å². The van der Waals surface area contributed by atoms with Crippen molar-refractivity contribution in [2.24, 2.45) is 5.92 Å². The summed E-state index contributed by atoms with van der Waals surface area (Å²) in [5, 5.41) is 4.90. The monoisotopic (exact) mass is 283 g/mol. The third kappa shape index (κ3) is 2.62. The van der Waals surface area contributed by atoms with Crippen LogP contribution in [0.3, 0.4) is 0 Å². The lowest BCUT2D eigenvalue weighted by Gasteiger charge is -2.44. The van der Waals surface area contributed by atoms with Crippen molar-refractivity contribution < 1.29 is 0 Å². The quantitative estimate of drug-likeness (QED) is 0.935. The highest BCUT2D eigenvalue weighted by Gasteiger charge is 2.32. The highest BCUT2D eigenvalue weighted by atomic mass is 15.2. The summed E-state index contributed by atoms with van der Waals surface area (Å²) < 4.78 is 0. The minimum atomic E-state index is 0.536. The molecule has 2 heterocycles. The predicted molar refractivity (Wildman–Crippen MR) is 89.8 cm³/mol. The van der Waals surface area contributed by atoms with E-state index in [4.69, 9.17) is 0 Å². The van der Waals surface area contributed by atoms with Crippen molar-refractivity contribution in [3.8, 4) is 0 Å². The molecule has 1 aliphatic heterocycles. The zero-order chi connectivity index (χ0) is 14.8. The number of hydrogen-bond acceptors (Lipinski definition) is 3. The standard InChI is InChI=1S/C18H25N3/c1-4-19-16-10-12-21(14(3)13(16)2)18-9-5-8-17-15(18)7-6-11-20-17/h5-9,11,13-14,16,19H,4,10,12H2,1-3H3. The first-order chi connectivity index (χ1) is 10.2. The van der Waals surface area contributed by atoms with Crippen LogP contribution in [0.2, 0.25) is 0 Å². The van der Waals surface area contributed by atoms with Crippen molar-refractivity contribution in [1.29, 1.82) is 0 Å². The second-order valence-electron chi connectivity index (χ2n) is 6.09. The van der Waals surface area contributed by atoms with E-state index in [0.29, 0.717) is 18.0 Å². The van der Waals surface area contributed by atoms with Gasteiger partial charge in [0, 0.05) is 35.9 Å². The van der Waals surface area contributed by atoms with Gasteiger partial charge in [-0.3, -0.25) is 4.98 Å². The first-order valence-electron chi connectivity index (χ1n) is 8.06. The Bertz CT molecular complexity index is 605. The van der Waals surface area contributed by atoms with E-state index in [9.17, 15) is 0 Å². The molecule has 1 saturated heterocycles. The fraction of sp³-hybridized carbons (Fsp3) is 0.500. The van der Waals surface area contributed by atoms with Crippen molar-refractivity contribution >= 4 is 16.6 Å². The summed E-state index contributed by atoms with van der Waals surface area (Å²) in [6, 6.07) is 11.8. The number of fused-ring (bicyclic) bond motifs is 1. The Hall–Kier alpha value is -1.61. The van der Waals surface area contributed by atoms with E-state index in [1.807, 2.05) is 12.3 Å². The van der Waals surface area contributed by atoms with Gasteiger partial charge >= 0.3 is 0 Å². The normalized spacial score (nSPS) is 26.2. The SMILES string of the molecule is CCNC1CCN(c2cccc3ncccc23)C(C)C1C. The number of nitrogens with zero attached hydrogens (tertiary/aromatic N) is 2. The summed E-state index contributed by atoms with van der Waals surface area (Å²) in [5.74, 6) is 0.644. The molecular weight excluding hydrogens is 258 g/mol. The average molecular weight is 283 g/mol. The molecule has 3 rings (SSSR count). The molecular formula is C18H25N3. The lowest BCUT2D eigenvalue weighted by atomic mass is 9.86. The van der Waals surface area contributed by atoms with E-state index in [1.165, 1.54) is 17.5 Å². The molecule has 2 aromatic rings. The molecule has 1 aromatic carbocycles. The highest BCUT2D eigenvalue weighted by Crippen LogP contribution is 2.33. The van der Waals surface area contributed by atoms with Gasteiger partial charge in [-0.1, -0.05) is 19.9 Å². The minimum Gasteiger partial charge on any atom is -0.368 e. The molecule has 1 aromatic heterocycles.